The molecule has 0 aromatic carbocycles. The zero-order valence-corrected chi connectivity index (χ0v) is 15.1. The van der Waals surface area contributed by atoms with E-state index in [0.717, 1.165) is 17.1 Å². The van der Waals surface area contributed by atoms with Crippen molar-refractivity contribution in [2.24, 2.45) is 5.92 Å². The van der Waals surface area contributed by atoms with Crippen molar-refractivity contribution in [3.8, 4) is 0 Å². The van der Waals surface area contributed by atoms with Gasteiger partial charge in [0.25, 0.3) is 0 Å². The number of rotatable bonds is 4. The molecule has 2 amide bonds. The molecule has 0 saturated heterocycles. The average molecular weight is 357 g/mol. The maximum atomic E-state index is 13.0. The topological polar surface area (TPSA) is 100 Å². The lowest BCUT2D eigenvalue weighted by molar-refractivity contribution is -0.144. The summed E-state index contributed by atoms with van der Waals surface area (Å²) < 4.78 is 4.82. The molecular formula is C18H23N5O3. The van der Waals surface area contributed by atoms with E-state index < -0.39 is 18.1 Å². The molecule has 2 aromatic heterocycles. The Morgan fingerprint density at radius 3 is 2.81 bits per heavy atom. The highest BCUT2D eigenvalue weighted by Gasteiger charge is 2.36. The molecule has 0 aliphatic carbocycles. The maximum absolute atomic E-state index is 13.0. The molecule has 3 rings (SSSR count). The van der Waals surface area contributed by atoms with Crippen LogP contribution in [-0.2, 0) is 16.0 Å². The van der Waals surface area contributed by atoms with Gasteiger partial charge in [0, 0.05) is 24.9 Å². The third kappa shape index (κ3) is 3.40. The maximum Gasteiger partial charge on any atom is 0.328 e. The Bertz CT molecular complexity index is 774. The lowest BCUT2D eigenvalue weighted by Gasteiger charge is -2.35. The minimum Gasteiger partial charge on any atom is -0.467 e. The first-order chi connectivity index (χ1) is 12.5. The molecule has 0 fully saturated rings. The Morgan fingerprint density at radius 1 is 1.35 bits per heavy atom. The summed E-state index contributed by atoms with van der Waals surface area (Å²) in [4.78, 5) is 38.6. The number of esters is 1. The summed E-state index contributed by atoms with van der Waals surface area (Å²) in [5.74, 6) is -0.550. The van der Waals surface area contributed by atoms with Gasteiger partial charge in [-0.3, -0.25) is 4.98 Å². The van der Waals surface area contributed by atoms with Gasteiger partial charge in [0.05, 0.1) is 24.8 Å². The number of hydrogen-bond acceptors (Lipinski definition) is 5. The van der Waals surface area contributed by atoms with Gasteiger partial charge in [-0.25, -0.2) is 14.6 Å². The number of nitrogens with zero attached hydrogens (tertiary/aromatic N) is 3. The molecule has 0 saturated carbocycles. The first-order valence-electron chi connectivity index (χ1n) is 8.61. The summed E-state index contributed by atoms with van der Waals surface area (Å²) in [5, 5.41) is 2.81. The number of urea groups is 1. The van der Waals surface area contributed by atoms with Crippen molar-refractivity contribution in [3.63, 3.8) is 0 Å². The lowest BCUT2D eigenvalue weighted by atomic mass is 9.99. The molecule has 2 aromatic rings. The minimum atomic E-state index is -0.711. The number of hydrogen-bond donors (Lipinski definition) is 2. The van der Waals surface area contributed by atoms with Crippen LogP contribution in [-0.4, -0.2) is 51.5 Å². The van der Waals surface area contributed by atoms with Gasteiger partial charge in [0.1, 0.15) is 12.1 Å². The number of methoxy groups -OCH3 is 1. The Kier molecular flexibility index (Phi) is 5.20. The number of aromatic nitrogens is 3. The number of imidazole rings is 1. The monoisotopic (exact) mass is 357 g/mol. The van der Waals surface area contributed by atoms with Gasteiger partial charge in [0.2, 0.25) is 0 Å². The van der Waals surface area contributed by atoms with E-state index >= 15 is 0 Å². The second-order valence-corrected chi connectivity index (χ2v) is 6.56. The Morgan fingerprint density at radius 2 is 2.15 bits per heavy atom. The standard InChI is InChI=1S/C18H23N5O3/c1-11(2)14(17(24)26-3)22-18(25)23-9-7-12-15(21-10-20-12)16(23)13-6-4-5-8-19-13/h4-6,8,10-11,14,16H,7,9H2,1-3H3,(H,20,21)(H,22,25)/t14-,16-/m0/s1. The summed E-state index contributed by atoms with van der Waals surface area (Å²) in [6.45, 7) is 4.22. The number of carbonyl (C=O) groups excluding carboxylic acids is 2. The quantitative estimate of drug-likeness (QED) is 0.811. The van der Waals surface area contributed by atoms with E-state index in [0.29, 0.717) is 13.0 Å². The predicted octanol–water partition coefficient (Wildman–Crippen LogP) is 1.66. The van der Waals surface area contributed by atoms with Crippen LogP contribution in [0.4, 0.5) is 4.79 Å². The molecule has 0 bridgehead atoms. The third-order valence-electron chi connectivity index (χ3n) is 4.55. The van der Waals surface area contributed by atoms with Crippen molar-refractivity contribution in [3.05, 3.63) is 47.8 Å². The SMILES string of the molecule is COC(=O)[C@@H](NC(=O)N1CCc2[nH]cnc2[C@@H]1c1ccccn1)C(C)C. The highest BCUT2D eigenvalue weighted by Crippen LogP contribution is 2.32. The molecule has 0 unspecified atom stereocenters. The first kappa shape index (κ1) is 17.9. The fraction of sp³-hybridized carbons (Fsp3) is 0.444. The lowest BCUT2D eigenvalue weighted by Crippen LogP contribution is -2.53. The number of carbonyl (C=O) groups is 2. The second-order valence-electron chi connectivity index (χ2n) is 6.56. The number of fused-ring (bicyclic) bond motifs is 1. The van der Waals surface area contributed by atoms with Crippen molar-refractivity contribution in [2.75, 3.05) is 13.7 Å². The van der Waals surface area contributed by atoms with Crippen molar-refractivity contribution in [1.82, 2.24) is 25.2 Å². The predicted molar refractivity (Wildman–Crippen MR) is 94.3 cm³/mol. The van der Waals surface area contributed by atoms with Gasteiger partial charge in [-0.15, -0.1) is 0 Å². The van der Waals surface area contributed by atoms with E-state index in [4.69, 9.17) is 4.74 Å². The number of H-pyrrole nitrogens is 1. The number of pyridine rings is 1. The highest BCUT2D eigenvalue weighted by atomic mass is 16.5. The molecule has 0 spiro atoms. The molecule has 0 radical (unpaired) electrons. The highest BCUT2D eigenvalue weighted by molar-refractivity contribution is 5.84. The smallest absolute Gasteiger partial charge is 0.328 e. The van der Waals surface area contributed by atoms with Crippen LogP contribution in [0.1, 0.15) is 37.0 Å². The Balaban J connectivity index is 1.90. The van der Waals surface area contributed by atoms with Gasteiger partial charge in [0.15, 0.2) is 0 Å². The van der Waals surface area contributed by atoms with E-state index in [-0.39, 0.29) is 11.9 Å². The fourth-order valence-corrected chi connectivity index (χ4v) is 3.17. The Labute approximate surface area is 152 Å². The molecule has 8 heteroatoms. The van der Waals surface area contributed by atoms with Gasteiger partial charge in [-0.05, 0) is 18.1 Å². The third-order valence-corrected chi connectivity index (χ3v) is 4.55. The molecule has 26 heavy (non-hydrogen) atoms. The summed E-state index contributed by atoms with van der Waals surface area (Å²) in [5.41, 5.74) is 2.51. The number of amides is 2. The molecular weight excluding hydrogens is 334 g/mol. The van der Waals surface area contributed by atoms with Crippen molar-refractivity contribution in [2.45, 2.75) is 32.4 Å². The Hall–Kier alpha value is -2.90. The van der Waals surface area contributed by atoms with E-state index in [1.165, 1.54) is 7.11 Å². The second kappa shape index (κ2) is 7.55. The summed E-state index contributed by atoms with van der Waals surface area (Å²) in [7, 11) is 1.32. The molecule has 1 aliphatic heterocycles. The van der Waals surface area contributed by atoms with Crippen molar-refractivity contribution < 1.29 is 14.3 Å². The van der Waals surface area contributed by atoms with E-state index in [2.05, 4.69) is 20.3 Å². The van der Waals surface area contributed by atoms with Gasteiger partial charge in [-0.2, -0.15) is 0 Å². The average Bonchev–Trinajstić information content (AvgIpc) is 3.13. The largest absolute Gasteiger partial charge is 0.467 e. The van der Waals surface area contributed by atoms with Crippen LogP contribution in [0.5, 0.6) is 0 Å². The number of nitrogens with one attached hydrogen (secondary N) is 2. The van der Waals surface area contributed by atoms with E-state index in [9.17, 15) is 9.59 Å². The fourth-order valence-electron chi connectivity index (χ4n) is 3.17. The van der Waals surface area contributed by atoms with Gasteiger partial charge >= 0.3 is 12.0 Å². The summed E-state index contributed by atoms with van der Waals surface area (Å²) in [6, 6.07) is 4.13. The molecule has 8 nitrogen and oxygen atoms in total. The van der Waals surface area contributed by atoms with E-state index in [1.807, 2.05) is 32.0 Å². The van der Waals surface area contributed by atoms with Gasteiger partial charge < -0.3 is 19.9 Å². The van der Waals surface area contributed by atoms with Crippen LogP contribution >= 0.6 is 0 Å². The van der Waals surface area contributed by atoms with Crippen LogP contribution in [0.15, 0.2) is 30.7 Å². The van der Waals surface area contributed by atoms with Crippen LogP contribution in [0.25, 0.3) is 0 Å². The van der Waals surface area contributed by atoms with Crippen LogP contribution in [0.2, 0.25) is 0 Å². The first-order valence-corrected chi connectivity index (χ1v) is 8.61. The number of aromatic amines is 1. The zero-order valence-electron chi connectivity index (χ0n) is 15.1. The normalized spacial score (nSPS) is 17.5. The zero-order chi connectivity index (χ0) is 18.7. The minimum absolute atomic E-state index is 0.0922. The molecule has 2 N–H and O–H groups in total. The van der Waals surface area contributed by atoms with Crippen molar-refractivity contribution in [1.29, 1.82) is 0 Å². The van der Waals surface area contributed by atoms with E-state index in [1.54, 1.807) is 17.4 Å². The van der Waals surface area contributed by atoms with Crippen molar-refractivity contribution >= 4 is 12.0 Å². The van der Waals surface area contributed by atoms with Crippen LogP contribution < -0.4 is 5.32 Å². The summed E-state index contributed by atoms with van der Waals surface area (Å²) >= 11 is 0. The number of ether oxygens (including phenoxy) is 1. The summed E-state index contributed by atoms with van der Waals surface area (Å²) in [6.07, 6.45) is 3.99. The molecule has 1 aliphatic rings. The molecule has 138 valence electrons. The molecule has 2 atom stereocenters. The van der Waals surface area contributed by atoms with Crippen LogP contribution in [0, 0.1) is 5.92 Å². The molecule has 3 heterocycles. The van der Waals surface area contributed by atoms with Crippen LogP contribution in [0.3, 0.4) is 0 Å². The van der Waals surface area contributed by atoms with Gasteiger partial charge in [-0.1, -0.05) is 19.9 Å².